The van der Waals surface area contributed by atoms with Gasteiger partial charge in [0, 0.05) is 0 Å². The topological polar surface area (TPSA) is 194 Å². The second-order valence-corrected chi connectivity index (χ2v) is 21.5. The first-order chi connectivity index (χ1) is 48.3. The molecule has 0 radical (unpaired) electrons. The zero-order chi connectivity index (χ0) is 67.0. The van der Waals surface area contributed by atoms with Gasteiger partial charge in [0.25, 0.3) is 0 Å². The highest BCUT2D eigenvalue weighted by Crippen LogP contribution is 2.31. The lowest BCUT2D eigenvalue weighted by atomic mass is 9.96. The molecule has 7 aliphatic rings. The second-order valence-electron chi connectivity index (χ2n) is 21.5. The molecule has 0 amide bonds. The van der Waals surface area contributed by atoms with Crippen LogP contribution in [0.5, 0.6) is 11.5 Å². The number of hydrogen-bond acceptors (Lipinski definition) is 21. The Hall–Kier alpha value is -6.10. The van der Waals surface area contributed by atoms with Gasteiger partial charge in [0.1, 0.15) is 38.3 Å². The van der Waals surface area contributed by atoms with E-state index in [2.05, 4.69) is 121 Å². The van der Waals surface area contributed by atoms with Crippen LogP contribution in [0.2, 0.25) is 0 Å². The minimum Gasteiger partial charge on any atom is -0.491 e. The molecule has 6 aromatic carbocycles. The second kappa shape index (κ2) is 53.8. The molecule has 7 heterocycles. The molecule has 21 heteroatoms. The lowest BCUT2D eigenvalue weighted by Gasteiger charge is -2.10. The highest BCUT2D eigenvalue weighted by Gasteiger charge is 2.08. The fraction of sp³-hybridized carbons (Fsp3) is 0.500. The molecular formula is C76H102O21. The number of ether oxygens (including phenoxy) is 21. The summed E-state index contributed by atoms with van der Waals surface area (Å²) in [5.41, 5.74) is 11.5. The molecule has 0 aromatic heterocycles. The van der Waals surface area contributed by atoms with Gasteiger partial charge >= 0.3 is 0 Å². The van der Waals surface area contributed by atoms with Crippen LogP contribution in [0.1, 0.15) is 0 Å². The van der Waals surface area contributed by atoms with Gasteiger partial charge in [-0.15, -0.1) is 0 Å². The molecule has 97 heavy (non-hydrogen) atoms. The van der Waals surface area contributed by atoms with Crippen molar-refractivity contribution in [2.24, 2.45) is 0 Å². The van der Waals surface area contributed by atoms with Gasteiger partial charge in [0.15, 0.2) is 0 Å². The first-order valence-electron chi connectivity index (χ1n) is 33.8. The van der Waals surface area contributed by atoms with Crippen LogP contribution in [0.4, 0.5) is 0 Å². The van der Waals surface area contributed by atoms with E-state index < -0.39 is 0 Å². The highest BCUT2D eigenvalue weighted by atomic mass is 16.7. The van der Waals surface area contributed by atoms with Crippen LogP contribution in [-0.2, 0) is 90.0 Å². The maximum Gasteiger partial charge on any atom is 0.146 e. The monoisotopic (exact) mass is 1350 g/mol. The van der Waals surface area contributed by atoms with E-state index in [9.17, 15) is 0 Å². The molecule has 532 valence electrons. The Labute approximate surface area is 573 Å². The van der Waals surface area contributed by atoms with Crippen LogP contribution in [0, 0.1) is 0 Å². The van der Waals surface area contributed by atoms with E-state index in [1.54, 1.807) is 0 Å². The fourth-order valence-corrected chi connectivity index (χ4v) is 9.23. The summed E-state index contributed by atoms with van der Waals surface area (Å²) >= 11 is 0. The van der Waals surface area contributed by atoms with Crippen molar-refractivity contribution in [2.75, 3.05) is 251 Å². The van der Waals surface area contributed by atoms with Crippen LogP contribution in [0.3, 0.4) is 0 Å². The Morgan fingerprint density at radius 3 is 0.443 bits per heavy atom. The number of hydrogen-bond donors (Lipinski definition) is 0. The van der Waals surface area contributed by atoms with E-state index in [4.69, 9.17) is 99.5 Å². The molecule has 0 aliphatic carbocycles. The summed E-state index contributed by atoms with van der Waals surface area (Å²) in [6.07, 6.45) is 3.84. The van der Waals surface area contributed by atoms with Crippen LogP contribution in [-0.4, -0.2) is 251 Å². The third kappa shape index (κ3) is 36.5. The Balaban J connectivity index is 0.724. The maximum atomic E-state index is 5.92. The standard InChI is InChI=1S/C76H102O21/c1-2-28-78-30-32-80-34-36-82-38-40-84-43-45-86-47-49-88-51-55-92-63-94-57-53-90-59-61-96-75-23-19-73(20-24-75)71-15-11-69(12-16-71)67-7-3-65(4-8-67)66-5-9-68(10-6-66)70-13-17-72(18-14-70)74-21-25-76(26-22-74)97-62-60-91-54-58-95-64-93-56-52-89-50-48-87-46-44-85-42-41-83-39-37-81-35-33-79-31-29-77-27-1/h1-26H,27-64H2/b2-1+. The summed E-state index contributed by atoms with van der Waals surface area (Å²) < 4.78 is 117. The summed E-state index contributed by atoms with van der Waals surface area (Å²) in [6.45, 7) is 17.1. The Morgan fingerprint density at radius 2 is 0.268 bits per heavy atom. The molecule has 0 atom stereocenters. The molecule has 0 spiro atoms. The van der Waals surface area contributed by atoms with Gasteiger partial charge in [-0.25, -0.2) is 0 Å². The maximum absolute atomic E-state index is 5.92. The number of fused-ring (bicyclic) bond motifs is 6. The lowest BCUT2D eigenvalue weighted by molar-refractivity contribution is -0.0849. The largest absolute Gasteiger partial charge is 0.491 e. The molecule has 0 saturated carbocycles. The zero-order valence-electron chi connectivity index (χ0n) is 56.5. The molecule has 0 saturated heterocycles. The molecule has 6 aromatic rings. The van der Waals surface area contributed by atoms with Crippen LogP contribution >= 0.6 is 0 Å². The van der Waals surface area contributed by atoms with Gasteiger partial charge in [-0.1, -0.05) is 133 Å². The Kier molecular flexibility index (Phi) is 43.4. The number of benzene rings is 6. The quantitative estimate of drug-likeness (QED) is 0.130. The van der Waals surface area contributed by atoms with E-state index in [1.807, 2.05) is 36.4 Å². The Morgan fingerprint density at radius 1 is 0.134 bits per heavy atom. The van der Waals surface area contributed by atoms with Crippen molar-refractivity contribution in [1.82, 2.24) is 0 Å². The number of rotatable bonds is 0. The summed E-state index contributed by atoms with van der Waals surface area (Å²) in [7, 11) is 0. The molecule has 0 fully saturated rings. The average molecular weight is 1350 g/mol. The van der Waals surface area contributed by atoms with Crippen molar-refractivity contribution in [3.63, 3.8) is 0 Å². The van der Waals surface area contributed by atoms with Gasteiger partial charge in [-0.05, 0) is 79.9 Å². The first-order valence-corrected chi connectivity index (χ1v) is 33.8. The molecule has 13 rings (SSSR count). The van der Waals surface area contributed by atoms with E-state index in [0.717, 1.165) is 56.0 Å². The van der Waals surface area contributed by atoms with Gasteiger partial charge < -0.3 is 99.5 Å². The van der Waals surface area contributed by atoms with Crippen molar-refractivity contribution >= 4 is 0 Å². The van der Waals surface area contributed by atoms with Gasteiger partial charge in [0.05, 0.1) is 225 Å². The van der Waals surface area contributed by atoms with Crippen LogP contribution in [0.25, 0.3) is 55.6 Å². The van der Waals surface area contributed by atoms with E-state index >= 15 is 0 Å². The minimum absolute atomic E-state index is 0.168. The molecule has 12 bridgehead atoms. The van der Waals surface area contributed by atoms with Crippen molar-refractivity contribution in [3.05, 3.63) is 158 Å². The third-order valence-electron chi connectivity index (χ3n) is 14.4. The van der Waals surface area contributed by atoms with Crippen molar-refractivity contribution in [2.45, 2.75) is 0 Å². The summed E-state index contributed by atoms with van der Waals surface area (Å²) in [5, 5.41) is 0. The van der Waals surface area contributed by atoms with Crippen molar-refractivity contribution in [3.8, 4) is 67.1 Å². The summed E-state index contributed by atoms with van der Waals surface area (Å²) in [5.74, 6) is 1.58. The molecule has 0 N–H and O–H groups in total. The fourth-order valence-electron chi connectivity index (χ4n) is 9.23. The summed E-state index contributed by atoms with van der Waals surface area (Å²) in [4.78, 5) is 0. The summed E-state index contributed by atoms with van der Waals surface area (Å²) in [6, 6.07) is 51.1. The van der Waals surface area contributed by atoms with E-state index in [-0.39, 0.29) is 13.6 Å². The van der Waals surface area contributed by atoms with E-state index in [0.29, 0.717) is 238 Å². The minimum atomic E-state index is 0.168. The molecule has 21 nitrogen and oxygen atoms in total. The average Bonchev–Trinajstić information content (AvgIpc) is 1.00. The van der Waals surface area contributed by atoms with Gasteiger partial charge in [-0.3, -0.25) is 0 Å². The van der Waals surface area contributed by atoms with Crippen molar-refractivity contribution in [1.29, 1.82) is 0 Å². The molecule has 0 unspecified atom stereocenters. The van der Waals surface area contributed by atoms with Gasteiger partial charge in [0.2, 0.25) is 0 Å². The zero-order valence-corrected chi connectivity index (χ0v) is 56.5. The smallest absolute Gasteiger partial charge is 0.146 e. The molecular weight excluding hydrogens is 1250 g/mol. The van der Waals surface area contributed by atoms with Crippen LogP contribution in [0.15, 0.2) is 158 Å². The highest BCUT2D eigenvalue weighted by molar-refractivity contribution is 5.76. The van der Waals surface area contributed by atoms with E-state index in [1.165, 1.54) is 11.1 Å². The SMILES string of the molecule is C1=C/COCCOCCOCCOCCOCCOCCOCOCCOCCOc2ccc(cc2)-c2ccc(cc2)-c2ccc(cc2)-c2ccc(cc2)-c2ccc(cc2)-c2ccc(cc2)OCCOCCOCOCCOCCOCCOCCOCCOCCOCCOC/1. The molecule has 7 aliphatic heterocycles. The first kappa shape index (κ1) is 78.2. The Bertz CT molecular complexity index is 2830. The predicted octanol–water partition coefficient (Wildman–Crippen LogP) is 10.6. The lowest BCUT2D eigenvalue weighted by Crippen LogP contribution is -2.15. The third-order valence-corrected chi connectivity index (χ3v) is 14.4. The van der Waals surface area contributed by atoms with Crippen LogP contribution < -0.4 is 9.47 Å². The van der Waals surface area contributed by atoms with Gasteiger partial charge in [-0.2, -0.15) is 0 Å². The normalized spacial score (nSPS) is 19.3. The van der Waals surface area contributed by atoms with Crippen molar-refractivity contribution < 1.29 is 99.5 Å². The predicted molar refractivity (Wildman–Crippen MR) is 370 cm³/mol.